The standard InChI is InChI=1S/C10H14FNO/c1-8-6-9(2-3-10(8)11)7-13-5-4-12/h2-3,6H,4-5,7,12H2,1H3. The molecule has 0 aliphatic rings. The summed E-state index contributed by atoms with van der Waals surface area (Å²) in [5, 5.41) is 0. The monoisotopic (exact) mass is 183 g/mol. The maximum absolute atomic E-state index is 12.8. The first-order chi connectivity index (χ1) is 6.24. The molecule has 72 valence electrons. The molecule has 0 fully saturated rings. The summed E-state index contributed by atoms with van der Waals surface area (Å²) in [6.07, 6.45) is 0. The lowest BCUT2D eigenvalue weighted by molar-refractivity contribution is 0.128. The molecule has 0 aliphatic heterocycles. The van der Waals surface area contributed by atoms with Gasteiger partial charge in [0.15, 0.2) is 0 Å². The molecule has 0 heterocycles. The lowest BCUT2D eigenvalue weighted by Gasteiger charge is -2.04. The minimum Gasteiger partial charge on any atom is -0.375 e. The van der Waals surface area contributed by atoms with Crippen LogP contribution < -0.4 is 5.73 Å². The van der Waals surface area contributed by atoms with Crippen LogP contribution in [0.25, 0.3) is 0 Å². The Morgan fingerprint density at radius 3 is 2.85 bits per heavy atom. The number of hydrogen-bond acceptors (Lipinski definition) is 2. The molecule has 1 aromatic carbocycles. The molecule has 0 saturated heterocycles. The molecule has 3 heteroatoms. The smallest absolute Gasteiger partial charge is 0.126 e. The summed E-state index contributed by atoms with van der Waals surface area (Å²) in [4.78, 5) is 0. The van der Waals surface area contributed by atoms with Gasteiger partial charge in [-0.05, 0) is 24.1 Å². The van der Waals surface area contributed by atoms with Gasteiger partial charge in [0.1, 0.15) is 5.82 Å². The lowest BCUT2D eigenvalue weighted by atomic mass is 10.1. The third kappa shape index (κ3) is 3.13. The lowest BCUT2D eigenvalue weighted by Crippen LogP contribution is -2.08. The van der Waals surface area contributed by atoms with E-state index in [1.165, 1.54) is 6.07 Å². The topological polar surface area (TPSA) is 35.2 Å². The Bertz CT molecular complexity index is 276. The molecule has 2 nitrogen and oxygen atoms in total. The highest BCUT2D eigenvalue weighted by Crippen LogP contribution is 2.09. The van der Waals surface area contributed by atoms with Gasteiger partial charge in [0, 0.05) is 6.54 Å². The summed E-state index contributed by atoms with van der Waals surface area (Å²) >= 11 is 0. The van der Waals surface area contributed by atoms with E-state index in [0.29, 0.717) is 25.3 Å². The number of rotatable bonds is 4. The molecule has 1 rings (SSSR count). The van der Waals surface area contributed by atoms with Gasteiger partial charge < -0.3 is 10.5 Å². The summed E-state index contributed by atoms with van der Waals surface area (Å²) in [6, 6.07) is 4.96. The van der Waals surface area contributed by atoms with E-state index >= 15 is 0 Å². The molecule has 0 atom stereocenters. The second-order valence-corrected chi connectivity index (χ2v) is 2.92. The largest absolute Gasteiger partial charge is 0.375 e. The van der Waals surface area contributed by atoms with E-state index in [2.05, 4.69) is 0 Å². The molecule has 0 aliphatic carbocycles. The number of halogens is 1. The molecule has 0 aromatic heterocycles. The quantitative estimate of drug-likeness (QED) is 0.720. The molecule has 2 N–H and O–H groups in total. The SMILES string of the molecule is Cc1cc(COCCN)ccc1F. The van der Waals surface area contributed by atoms with Gasteiger partial charge in [0.2, 0.25) is 0 Å². The number of nitrogens with two attached hydrogens (primary N) is 1. The first kappa shape index (κ1) is 10.2. The highest BCUT2D eigenvalue weighted by Gasteiger charge is 1.98. The van der Waals surface area contributed by atoms with Crippen molar-refractivity contribution in [1.29, 1.82) is 0 Å². The molecule has 0 bridgehead atoms. The molecule has 0 radical (unpaired) electrons. The number of ether oxygens (including phenoxy) is 1. The summed E-state index contributed by atoms with van der Waals surface area (Å²) in [7, 11) is 0. The van der Waals surface area contributed by atoms with Crippen LogP contribution in [0.4, 0.5) is 4.39 Å². The Kier molecular flexibility index (Phi) is 3.86. The van der Waals surface area contributed by atoms with Crippen LogP contribution in [0.1, 0.15) is 11.1 Å². The average molecular weight is 183 g/mol. The zero-order valence-electron chi connectivity index (χ0n) is 7.72. The van der Waals surface area contributed by atoms with Crippen LogP contribution in [-0.2, 0) is 11.3 Å². The van der Waals surface area contributed by atoms with Crippen molar-refractivity contribution in [2.24, 2.45) is 5.73 Å². The number of hydrogen-bond donors (Lipinski definition) is 1. The number of benzene rings is 1. The van der Waals surface area contributed by atoms with Gasteiger partial charge >= 0.3 is 0 Å². The first-order valence-corrected chi connectivity index (χ1v) is 4.27. The molecule has 1 aromatic rings. The van der Waals surface area contributed by atoms with E-state index < -0.39 is 0 Å². The van der Waals surface area contributed by atoms with Gasteiger partial charge in [-0.1, -0.05) is 12.1 Å². The van der Waals surface area contributed by atoms with E-state index in [1.807, 2.05) is 0 Å². The minimum atomic E-state index is -0.178. The van der Waals surface area contributed by atoms with Crippen LogP contribution in [0.3, 0.4) is 0 Å². The van der Waals surface area contributed by atoms with Crippen molar-refractivity contribution in [2.75, 3.05) is 13.2 Å². The Morgan fingerprint density at radius 1 is 1.46 bits per heavy atom. The zero-order valence-corrected chi connectivity index (χ0v) is 7.72. The minimum absolute atomic E-state index is 0.178. The first-order valence-electron chi connectivity index (χ1n) is 4.27. The Morgan fingerprint density at radius 2 is 2.23 bits per heavy atom. The molecule has 0 unspecified atom stereocenters. The zero-order chi connectivity index (χ0) is 9.68. The molecular formula is C10H14FNO. The van der Waals surface area contributed by atoms with Gasteiger partial charge in [-0.25, -0.2) is 4.39 Å². The van der Waals surface area contributed by atoms with Gasteiger partial charge in [-0.15, -0.1) is 0 Å². The fourth-order valence-corrected chi connectivity index (χ4v) is 1.07. The summed E-state index contributed by atoms with van der Waals surface area (Å²) in [5.74, 6) is -0.178. The van der Waals surface area contributed by atoms with E-state index in [4.69, 9.17) is 10.5 Å². The van der Waals surface area contributed by atoms with Gasteiger partial charge in [0.25, 0.3) is 0 Å². The fourth-order valence-electron chi connectivity index (χ4n) is 1.07. The van der Waals surface area contributed by atoms with Crippen LogP contribution in [-0.4, -0.2) is 13.2 Å². The van der Waals surface area contributed by atoms with Gasteiger partial charge in [0.05, 0.1) is 13.2 Å². The van der Waals surface area contributed by atoms with Crippen molar-refractivity contribution in [3.63, 3.8) is 0 Å². The van der Waals surface area contributed by atoms with Crippen LogP contribution in [0.5, 0.6) is 0 Å². The maximum Gasteiger partial charge on any atom is 0.126 e. The van der Waals surface area contributed by atoms with Crippen molar-refractivity contribution in [1.82, 2.24) is 0 Å². The maximum atomic E-state index is 12.8. The second-order valence-electron chi connectivity index (χ2n) is 2.92. The normalized spacial score (nSPS) is 10.4. The molecular weight excluding hydrogens is 169 g/mol. The highest BCUT2D eigenvalue weighted by molar-refractivity contribution is 5.23. The van der Waals surface area contributed by atoms with Crippen LogP contribution >= 0.6 is 0 Å². The predicted octanol–water partition coefficient (Wildman–Crippen LogP) is 1.61. The third-order valence-electron chi connectivity index (χ3n) is 1.75. The predicted molar refractivity (Wildman–Crippen MR) is 49.8 cm³/mol. The Labute approximate surface area is 77.5 Å². The van der Waals surface area contributed by atoms with Crippen molar-refractivity contribution < 1.29 is 9.13 Å². The molecule has 0 amide bonds. The van der Waals surface area contributed by atoms with E-state index in [1.54, 1.807) is 19.1 Å². The van der Waals surface area contributed by atoms with Gasteiger partial charge in [-0.2, -0.15) is 0 Å². The Hall–Kier alpha value is -0.930. The van der Waals surface area contributed by atoms with Crippen molar-refractivity contribution in [3.05, 3.63) is 35.1 Å². The summed E-state index contributed by atoms with van der Waals surface area (Å²) in [5.41, 5.74) is 6.89. The molecule has 0 spiro atoms. The van der Waals surface area contributed by atoms with Crippen molar-refractivity contribution in [3.8, 4) is 0 Å². The van der Waals surface area contributed by atoms with E-state index in [-0.39, 0.29) is 5.82 Å². The molecule has 0 saturated carbocycles. The average Bonchev–Trinajstić information content (AvgIpc) is 2.12. The summed E-state index contributed by atoms with van der Waals surface area (Å²) in [6.45, 7) is 3.29. The van der Waals surface area contributed by atoms with Crippen LogP contribution in [0.15, 0.2) is 18.2 Å². The molecule has 13 heavy (non-hydrogen) atoms. The highest BCUT2D eigenvalue weighted by atomic mass is 19.1. The van der Waals surface area contributed by atoms with Crippen LogP contribution in [0.2, 0.25) is 0 Å². The van der Waals surface area contributed by atoms with E-state index in [0.717, 1.165) is 5.56 Å². The van der Waals surface area contributed by atoms with Crippen LogP contribution in [0, 0.1) is 12.7 Å². The summed E-state index contributed by atoms with van der Waals surface area (Å²) < 4.78 is 18.0. The number of aryl methyl sites for hydroxylation is 1. The fraction of sp³-hybridized carbons (Fsp3) is 0.400. The van der Waals surface area contributed by atoms with Crippen molar-refractivity contribution >= 4 is 0 Å². The van der Waals surface area contributed by atoms with Gasteiger partial charge in [-0.3, -0.25) is 0 Å². The van der Waals surface area contributed by atoms with E-state index in [9.17, 15) is 4.39 Å². The van der Waals surface area contributed by atoms with Crippen molar-refractivity contribution in [2.45, 2.75) is 13.5 Å². The third-order valence-corrected chi connectivity index (χ3v) is 1.75. The second kappa shape index (κ2) is 4.94. The Balaban J connectivity index is 2.53.